The molecule has 14 heavy (non-hydrogen) atoms. The number of methoxy groups -OCH3 is 1. The number of rotatable bonds is 10. The second kappa shape index (κ2) is 10.4. The number of hydrogen-bond donors (Lipinski definition) is 0. The Morgan fingerprint density at radius 2 is 2.07 bits per heavy atom. The van der Waals surface area contributed by atoms with Crippen LogP contribution in [0.25, 0.3) is 0 Å². The molecule has 0 aliphatic rings. The van der Waals surface area contributed by atoms with Gasteiger partial charge in [-0.15, -0.1) is 6.58 Å². The molecule has 0 aromatic rings. The molecule has 0 amide bonds. The summed E-state index contributed by atoms with van der Waals surface area (Å²) in [5, 5.41) is 0. The van der Waals surface area contributed by atoms with Gasteiger partial charge in [0.25, 0.3) is 0 Å². The molecule has 0 aliphatic heterocycles. The normalized spacial score (nSPS) is 10.1. The van der Waals surface area contributed by atoms with Gasteiger partial charge in [0.05, 0.1) is 19.8 Å². The first-order valence-corrected chi connectivity index (χ1v) is 5.00. The molecular formula is C11H20O3. The molecular weight excluding hydrogens is 180 g/mol. The maximum absolute atomic E-state index is 11.2. The highest BCUT2D eigenvalue weighted by atomic mass is 16.5. The van der Waals surface area contributed by atoms with Crippen molar-refractivity contribution in [3.8, 4) is 0 Å². The van der Waals surface area contributed by atoms with E-state index in [0.717, 1.165) is 12.8 Å². The van der Waals surface area contributed by atoms with Gasteiger partial charge >= 0.3 is 0 Å². The van der Waals surface area contributed by atoms with E-state index < -0.39 is 0 Å². The summed E-state index contributed by atoms with van der Waals surface area (Å²) in [4.78, 5) is 11.2. The van der Waals surface area contributed by atoms with Crippen LogP contribution in [-0.4, -0.2) is 32.7 Å². The topological polar surface area (TPSA) is 35.5 Å². The average Bonchev–Trinajstić information content (AvgIpc) is 2.18. The third kappa shape index (κ3) is 9.42. The van der Waals surface area contributed by atoms with E-state index in [1.807, 2.05) is 6.08 Å². The number of ketones is 1. The molecule has 3 nitrogen and oxygen atoms in total. The van der Waals surface area contributed by atoms with Gasteiger partial charge in [-0.3, -0.25) is 4.79 Å². The second-order valence-corrected chi connectivity index (χ2v) is 3.07. The maximum atomic E-state index is 11.2. The van der Waals surface area contributed by atoms with Gasteiger partial charge in [-0.25, -0.2) is 0 Å². The molecule has 0 bridgehead atoms. The summed E-state index contributed by atoms with van der Waals surface area (Å²) < 4.78 is 9.99. The van der Waals surface area contributed by atoms with Crippen molar-refractivity contribution in [2.24, 2.45) is 0 Å². The van der Waals surface area contributed by atoms with E-state index in [-0.39, 0.29) is 5.78 Å². The van der Waals surface area contributed by atoms with Crippen LogP contribution in [0, 0.1) is 0 Å². The Kier molecular flexibility index (Phi) is 9.91. The molecule has 0 radical (unpaired) electrons. The maximum Gasteiger partial charge on any atom is 0.135 e. The van der Waals surface area contributed by atoms with Crippen LogP contribution in [-0.2, 0) is 14.3 Å². The summed E-state index contributed by atoms with van der Waals surface area (Å²) in [5.74, 6) is 0.268. The quantitative estimate of drug-likeness (QED) is 0.399. The lowest BCUT2D eigenvalue weighted by Crippen LogP contribution is -2.07. The summed E-state index contributed by atoms with van der Waals surface area (Å²) in [6.45, 7) is 5.27. The van der Waals surface area contributed by atoms with Crippen molar-refractivity contribution in [2.75, 3.05) is 26.9 Å². The molecule has 0 heterocycles. The zero-order valence-corrected chi connectivity index (χ0v) is 8.96. The summed E-state index contributed by atoms with van der Waals surface area (Å²) >= 11 is 0. The van der Waals surface area contributed by atoms with Crippen molar-refractivity contribution in [1.82, 2.24) is 0 Å². The van der Waals surface area contributed by atoms with Crippen LogP contribution in [0.2, 0.25) is 0 Å². The van der Waals surface area contributed by atoms with E-state index >= 15 is 0 Å². The van der Waals surface area contributed by atoms with Crippen molar-refractivity contribution < 1.29 is 14.3 Å². The molecule has 0 rings (SSSR count). The Morgan fingerprint density at radius 3 is 2.71 bits per heavy atom. The largest absolute Gasteiger partial charge is 0.382 e. The molecule has 0 atom stereocenters. The van der Waals surface area contributed by atoms with Gasteiger partial charge in [0.15, 0.2) is 0 Å². The highest BCUT2D eigenvalue weighted by Crippen LogP contribution is 1.99. The van der Waals surface area contributed by atoms with Gasteiger partial charge in [0.1, 0.15) is 5.78 Å². The molecule has 0 aromatic heterocycles. The standard InChI is InChI=1S/C11H20O3/c1-3-4-5-6-11(12)7-8-14-10-9-13-2/h3H,1,4-10H2,2H3. The Balaban J connectivity index is 3.14. The lowest BCUT2D eigenvalue weighted by atomic mass is 10.1. The molecule has 82 valence electrons. The Labute approximate surface area is 86.1 Å². The average molecular weight is 200 g/mol. The minimum absolute atomic E-state index is 0.268. The van der Waals surface area contributed by atoms with Crippen LogP contribution in [0.15, 0.2) is 12.7 Å². The van der Waals surface area contributed by atoms with Gasteiger partial charge in [-0.05, 0) is 12.8 Å². The Morgan fingerprint density at radius 1 is 1.29 bits per heavy atom. The molecule has 0 saturated heterocycles. The van der Waals surface area contributed by atoms with E-state index in [4.69, 9.17) is 9.47 Å². The van der Waals surface area contributed by atoms with Crippen LogP contribution in [0.4, 0.5) is 0 Å². The number of hydrogen-bond acceptors (Lipinski definition) is 3. The zero-order chi connectivity index (χ0) is 10.6. The van der Waals surface area contributed by atoms with Crippen molar-refractivity contribution >= 4 is 5.78 Å². The third-order valence-corrected chi connectivity index (χ3v) is 1.82. The summed E-state index contributed by atoms with van der Waals surface area (Å²) in [7, 11) is 1.63. The van der Waals surface area contributed by atoms with E-state index in [1.54, 1.807) is 7.11 Å². The lowest BCUT2D eigenvalue weighted by molar-refractivity contribution is -0.120. The first-order valence-electron chi connectivity index (χ1n) is 5.00. The van der Waals surface area contributed by atoms with Crippen molar-refractivity contribution in [1.29, 1.82) is 0 Å². The van der Waals surface area contributed by atoms with Crippen LogP contribution in [0.1, 0.15) is 25.7 Å². The van der Waals surface area contributed by atoms with Gasteiger partial charge in [0.2, 0.25) is 0 Å². The number of carbonyl (C=O) groups excluding carboxylic acids is 1. The predicted molar refractivity (Wildman–Crippen MR) is 56.4 cm³/mol. The fourth-order valence-corrected chi connectivity index (χ4v) is 0.999. The molecule has 0 saturated carbocycles. The SMILES string of the molecule is C=CCCCC(=O)CCOCCOC. The van der Waals surface area contributed by atoms with E-state index in [2.05, 4.69) is 6.58 Å². The molecule has 0 aromatic carbocycles. The highest BCUT2D eigenvalue weighted by molar-refractivity contribution is 5.78. The van der Waals surface area contributed by atoms with Crippen LogP contribution in [0.3, 0.4) is 0 Å². The van der Waals surface area contributed by atoms with E-state index in [1.165, 1.54) is 0 Å². The molecule has 0 aliphatic carbocycles. The molecule has 0 spiro atoms. The first kappa shape index (κ1) is 13.3. The van der Waals surface area contributed by atoms with Crippen LogP contribution >= 0.6 is 0 Å². The fraction of sp³-hybridized carbons (Fsp3) is 0.727. The molecule has 0 unspecified atom stereocenters. The smallest absolute Gasteiger partial charge is 0.135 e. The van der Waals surface area contributed by atoms with Crippen molar-refractivity contribution in [3.63, 3.8) is 0 Å². The number of Topliss-reactive ketones (excluding diaryl/α,β-unsaturated/α-hetero) is 1. The number of allylic oxidation sites excluding steroid dienone is 1. The minimum atomic E-state index is 0.268. The second-order valence-electron chi connectivity index (χ2n) is 3.07. The zero-order valence-electron chi connectivity index (χ0n) is 8.96. The summed E-state index contributed by atoms with van der Waals surface area (Å²) in [6.07, 6.45) is 4.81. The summed E-state index contributed by atoms with van der Waals surface area (Å²) in [6, 6.07) is 0. The van der Waals surface area contributed by atoms with Crippen LogP contribution in [0.5, 0.6) is 0 Å². The molecule has 0 N–H and O–H groups in total. The van der Waals surface area contributed by atoms with Crippen molar-refractivity contribution in [3.05, 3.63) is 12.7 Å². The number of ether oxygens (including phenoxy) is 2. The van der Waals surface area contributed by atoms with E-state index in [9.17, 15) is 4.79 Å². The third-order valence-electron chi connectivity index (χ3n) is 1.82. The summed E-state index contributed by atoms with van der Waals surface area (Å²) in [5.41, 5.74) is 0. The van der Waals surface area contributed by atoms with Crippen LogP contribution < -0.4 is 0 Å². The minimum Gasteiger partial charge on any atom is -0.382 e. The van der Waals surface area contributed by atoms with Gasteiger partial charge in [0, 0.05) is 20.0 Å². The predicted octanol–water partition coefficient (Wildman–Crippen LogP) is 1.96. The first-order chi connectivity index (χ1) is 6.81. The molecule has 3 heteroatoms. The number of carbonyl (C=O) groups is 1. The van der Waals surface area contributed by atoms with E-state index in [0.29, 0.717) is 32.7 Å². The van der Waals surface area contributed by atoms with Crippen molar-refractivity contribution in [2.45, 2.75) is 25.7 Å². The number of unbranched alkanes of at least 4 members (excludes halogenated alkanes) is 1. The van der Waals surface area contributed by atoms with Gasteiger partial charge < -0.3 is 9.47 Å². The Hall–Kier alpha value is -0.670. The fourth-order valence-electron chi connectivity index (χ4n) is 0.999. The van der Waals surface area contributed by atoms with Gasteiger partial charge in [-0.2, -0.15) is 0 Å². The Bertz CT molecular complexity index is 155. The molecule has 0 fully saturated rings. The monoisotopic (exact) mass is 200 g/mol. The highest BCUT2D eigenvalue weighted by Gasteiger charge is 2.00. The van der Waals surface area contributed by atoms with Gasteiger partial charge in [-0.1, -0.05) is 6.08 Å². The lowest BCUT2D eigenvalue weighted by Gasteiger charge is -2.02.